The summed E-state index contributed by atoms with van der Waals surface area (Å²) in [5.74, 6) is 0.625. The van der Waals surface area contributed by atoms with E-state index in [4.69, 9.17) is 4.98 Å². The van der Waals surface area contributed by atoms with E-state index in [-0.39, 0.29) is 11.2 Å². The summed E-state index contributed by atoms with van der Waals surface area (Å²) in [4.78, 5) is 26.2. The smallest absolute Gasteiger partial charge is 0.274 e. The van der Waals surface area contributed by atoms with Gasteiger partial charge in [-0.25, -0.2) is 4.98 Å². The molecule has 8 heteroatoms. The average molecular weight is 411 g/mol. The molecule has 2 aromatic heterocycles. The average Bonchev–Trinajstić information content (AvgIpc) is 2.93. The van der Waals surface area contributed by atoms with E-state index in [1.54, 1.807) is 30.6 Å². The van der Waals surface area contributed by atoms with Crippen molar-refractivity contribution in [3.63, 3.8) is 0 Å². The molecule has 0 aliphatic carbocycles. The topological polar surface area (TPSA) is 61.4 Å². The Labute approximate surface area is 185 Å². The summed E-state index contributed by atoms with van der Waals surface area (Å²) in [6.45, 7) is 3.79. The highest BCUT2D eigenvalue weighted by molar-refractivity contribution is 6.41. The lowest BCUT2D eigenvalue weighted by atomic mass is 9.59. The predicted molar refractivity (Wildman–Crippen MR) is 130 cm³/mol. The molecule has 6 nitrogen and oxygen atoms in total. The van der Waals surface area contributed by atoms with Crippen molar-refractivity contribution in [3.05, 3.63) is 84.3 Å². The number of nitrogens with one attached hydrogen (secondary N) is 1. The van der Waals surface area contributed by atoms with Crippen LogP contribution in [-0.2, 0) is 6.54 Å². The fraction of sp³-hybridized carbons (Fsp3) is 0.261. The Balaban J connectivity index is 1.48. The van der Waals surface area contributed by atoms with Gasteiger partial charge in [-0.15, -0.1) is 0 Å². The molecule has 0 spiro atoms. The minimum absolute atomic E-state index is 0.0569. The lowest BCUT2D eigenvalue weighted by Gasteiger charge is -2.38. The van der Waals surface area contributed by atoms with Gasteiger partial charge in [-0.1, -0.05) is 36.4 Å². The second-order valence-corrected chi connectivity index (χ2v) is 8.55. The fourth-order valence-corrected chi connectivity index (χ4v) is 3.98. The third-order valence-electron chi connectivity index (χ3n) is 5.84. The number of hydrogen-bond acceptors (Lipinski definition) is 5. The standard InChI is InChI=1S/C23H27B2N5O/c24-23(25)11-14-29(17-18-5-2-1-3-6-18)15-16-30(23)21-8-4-7-20(28-21)22(31)27-19-9-12-26-13-10-19/h1-10,12-13H,11,14-17,24-25H2,(H,26,27,31). The zero-order chi connectivity index (χ0) is 21.7. The third kappa shape index (κ3) is 5.33. The van der Waals surface area contributed by atoms with E-state index in [9.17, 15) is 4.79 Å². The van der Waals surface area contributed by atoms with Crippen molar-refractivity contribution in [3.8, 4) is 0 Å². The van der Waals surface area contributed by atoms with Crippen LogP contribution in [0, 0.1) is 0 Å². The zero-order valence-corrected chi connectivity index (χ0v) is 18.2. The maximum absolute atomic E-state index is 12.7. The molecule has 0 radical (unpaired) electrons. The first-order valence-electron chi connectivity index (χ1n) is 10.7. The number of carbonyl (C=O) groups is 1. The molecule has 1 aliphatic heterocycles. The van der Waals surface area contributed by atoms with E-state index in [2.05, 4.69) is 66.1 Å². The Morgan fingerprint density at radius 2 is 1.74 bits per heavy atom. The molecule has 3 heterocycles. The van der Waals surface area contributed by atoms with E-state index < -0.39 is 0 Å². The number of anilines is 2. The van der Waals surface area contributed by atoms with Crippen molar-refractivity contribution in [1.82, 2.24) is 14.9 Å². The number of nitrogens with zero attached hydrogens (tertiary/aromatic N) is 4. The zero-order valence-electron chi connectivity index (χ0n) is 18.2. The Bertz CT molecular complexity index is 1020. The Morgan fingerprint density at radius 1 is 0.968 bits per heavy atom. The second-order valence-electron chi connectivity index (χ2n) is 8.55. The van der Waals surface area contributed by atoms with Crippen molar-refractivity contribution < 1.29 is 4.79 Å². The molecule has 0 saturated carbocycles. The van der Waals surface area contributed by atoms with Gasteiger partial charge in [-0.05, 0) is 48.1 Å². The number of carbonyl (C=O) groups excluding carboxylic acids is 1. The molecule has 1 saturated heterocycles. The van der Waals surface area contributed by atoms with Crippen LogP contribution >= 0.6 is 0 Å². The lowest BCUT2D eigenvalue weighted by molar-refractivity contribution is 0.102. The molecule has 156 valence electrons. The summed E-state index contributed by atoms with van der Waals surface area (Å²) in [7, 11) is 4.51. The van der Waals surface area contributed by atoms with E-state index in [1.165, 1.54) is 5.56 Å². The molecule has 1 aliphatic rings. The van der Waals surface area contributed by atoms with Gasteiger partial charge in [-0.3, -0.25) is 14.7 Å². The van der Waals surface area contributed by atoms with Gasteiger partial charge in [0.1, 0.15) is 27.2 Å². The summed E-state index contributed by atoms with van der Waals surface area (Å²) in [6.07, 6.45) is 4.33. The summed E-state index contributed by atoms with van der Waals surface area (Å²) < 4.78 is 0. The quantitative estimate of drug-likeness (QED) is 0.643. The predicted octanol–water partition coefficient (Wildman–Crippen LogP) is 1.36. The van der Waals surface area contributed by atoms with Crippen molar-refractivity contribution in [2.75, 3.05) is 29.9 Å². The minimum Gasteiger partial charge on any atom is -0.366 e. The first-order valence-corrected chi connectivity index (χ1v) is 10.7. The van der Waals surface area contributed by atoms with Gasteiger partial charge in [0.15, 0.2) is 0 Å². The molecule has 0 unspecified atom stereocenters. The van der Waals surface area contributed by atoms with Crippen molar-refractivity contribution in [2.45, 2.75) is 18.3 Å². The number of benzene rings is 1. The van der Waals surface area contributed by atoms with Gasteiger partial charge in [0.25, 0.3) is 5.91 Å². The van der Waals surface area contributed by atoms with Crippen molar-refractivity contribution in [1.29, 1.82) is 0 Å². The third-order valence-corrected chi connectivity index (χ3v) is 5.84. The monoisotopic (exact) mass is 411 g/mol. The van der Waals surface area contributed by atoms with Crippen LogP contribution in [0.1, 0.15) is 22.5 Å². The van der Waals surface area contributed by atoms with Crippen molar-refractivity contribution >= 4 is 33.1 Å². The first-order chi connectivity index (χ1) is 15.0. The molecule has 1 amide bonds. The Hall–Kier alpha value is -3.12. The number of amides is 1. The van der Waals surface area contributed by atoms with Gasteiger partial charge in [0.2, 0.25) is 0 Å². The Morgan fingerprint density at radius 3 is 2.52 bits per heavy atom. The molecule has 3 aromatic rings. The highest BCUT2D eigenvalue weighted by Crippen LogP contribution is 2.25. The highest BCUT2D eigenvalue weighted by atomic mass is 16.1. The summed E-state index contributed by atoms with van der Waals surface area (Å²) in [5.41, 5.74) is 2.45. The van der Waals surface area contributed by atoms with Crippen LogP contribution in [0.2, 0.25) is 0 Å². The molecule has 0 bridgehead atoms. The summed E-state index contributed by atoms with van der Waals surface area (Å²) >= 11 is 0. The normalized spacial score (nSPS) is 16.5. The molecule has 1 fully saturated rings. The van der Waals surface area contributed by atoms with E-state index in [1.807, 2.05) is 12.1 Å². The SMILES string of the molecule is BC1(B)CCN(Cc2ccccc2)CCN1c1cccc(C(=O)Nc2ccncc2)n1. The van der Waals surface area contributed by atoms with Crippen LogP contribution in [0.15, 0.2) is 73.1 Å². The van der Waals surface area contributed by atoms with Crippen LogP contribution in [-0.4, -0.2) is 61.4 Å². The van der Waals surface area contributed by atoms with Crippen LogP contribution in [0.3, 0.4) is 0 Å². The summed E-state index contributed by atoms with van der Waals surface area (Å²) in [5, 5.41) is 2.83. The number of hydrogen-bond donors (Lipinski definition) is 1. The molecule has 31 heavy (non-hydrogen) atoms. The first kappa shape index (κ1) is 21.1. The van der Waals surface area contributed by atoms with Gasteiger partial charge >= 0.3 is 0 Å². The van der Waals surface area contributed by atoms with Crippen LogP contribution in [0.5, 0.6) is 0 Å². The fourth-order valence-electron chi connectivity index (χ4n) is 3.98. The molecular formula is C23H27B2N5O. The molecule has 1 aromatic carbocycles. The molecule has 0 atom stereocenters. The van der Waals surface area contributed by atoms with E-state index >= 15 is 0 Å². The molecule has 1 N–H and O–H groups in total. The summed E-state index contributed by atoms with van der Waals surface area (Å²) in [6, 6.07) is 19.8. The Kier molecular flexibility index (Phi) is 6.37. The van der Waals surface area contributed by atoms with Gasteiger partial charge in [0.05, 0.1) is 0 Å². The number of pyridine rings is 2. The number of aromatic nitrogens is 2. The largest absolute Gasteiger partial charge is 0.366 e. The van der Waals surface area contributed by atoms with Crippen LogP contribution in [0.25, 0.3) is 0 Å². The molecular weight excluding hydrogens is 384 g/mol. The van der Waals surface area contributed by atoms with Crippen LogP contribution < -0.4 is 10.2 Å². The minimum atomic E-state index is -0.216. The van der Waals surface area contributed by atoms with Gasteiger partial charge in [-0.2, -0.15) is 0 Å². The van der Waals surface area contributed by atoms with Gasteiger partial charge in [0, 0.05) is 37.7 Å². The van der Waals surface area contributed by atoms with Crippen molar-refractivity contribution in [2.24, 2.45) is 0 Å². The van der Waals surface area contributed by atoms with E-state index in [0.717, 1.165) is 38.4 Å². The molecule has 4 rings (SSSR count). The second kappa shape index (κ2) is 9.35. The highest BCUT2D eigenvalue weighted by Gasteiger charge is 2.31. The van der Waals surface area contributed by atoms with Gasteiger partial charge < -0.3 is 10.2 Å². The van der Waals surface area contributed by atoms with Crippen LogP contribution in [0.4, 0.5) is 11.5 Å². The van der Waals surface area contributed by atoms with E-state index in [0.29, 0.717) is 11.4 Å². The number of rotatable bonds is 5. The maximum atomic E-state index is 12.7. The lowest BCUT2D eigenvalue weighted by Crippen LogP contribution is -2.51. The maximum Gasteiger partial charge on any atom is 0.274 e.